The Morgan fingerprint density at radius 3 is 2.41 bits per heavy atom. The van der Waals surface area contributed by atoms with Gasteiger partial charge in [0.15, 0.2) is 5.78 Å². The van der Waals surface area contributed by atoms with Crippen LogP contribution in [0.4, 0.5) is 0 Å². The zero-order chi connectivity index (χ0) is 15.9. The molecule has 2 rings (SSSR count). The standard InChI is InChI=1S/C18H20O4/c1-21-16-12-11-13-7-3-4-8-14(13)18(16)15(19)9-5-6-10-17(20)22-2/h3-4,7-8,11-12H,5-6,9-10H2,1-2H3. The Balaban J connectivity index is 2.14. The van der Waals surface area contributed by atoms with E-state index in [9.17, 15) is 9.59 Å². The predicted molar refractivity (Wildman–Crippen MR) is 85.3 cm³/mol. The first-order chi connectivity index (χ1) is 10.7. The molecule has 2 aromatic carbocycles. The number of methoxy groups -OCH3 is 2. The Morgan fingerprint density at radius 2 is 1.68 bits per heavy atom. The number of esters is 1. The minimum Gasteiger partial charge on any atom is -0.496 e. The van der Waals surface area contributed by atoms with E-state index in [1.54, 1.807) is 7.11 Å². The van der Waals surface area contributed by atoms with Crippen molar-refractivity contribution in [3.63, 3.8) is 0 Å². The summed E-state index contributed by atoms with van der Waals surface area (Å²) in [6, 6.07) is 11.5. The third-order valence-corrected chi connectivity index (χ3v) is 3.65. The van der Waals surface area contributed by atoms with E-state index < -0.39 is 0 Å². The molecule has 0 fully saturated rings. The molecule has 4 heteroatoms. The fraction of sp³-hybridized carbons (Fsp3) is 0.333. The molecule has 116 valence electrons. The van der Waals surface area contributed by atoms with Crippen LogP contribution in [0, 0.1) is 0 Å². The van der Waals surface area contributed by atoms with Crippen molar-refractivity contribution in [2.75, 3.05) is 14.2 Å². The van der Waals surface area contributed by atoms with Crippen molar-refractivity contribution < 1.29 is 19.1 Å². The molecule has 0 spiro atoms. The zero-order valence-corrected chi connectivity index (χ0v) is 12.9. The maximum atomic E-state index is 12.6. The van der Waals surface area contributed by atoms with Crippen LogP contribution in [0.3, 0.4) is 0 Å². The van der Waals surface area contributed by atoms with E-state index in [0.29, 0.717) is 37.0 Å². The maximum Gasteiger partial charge on any atom is 0.305 e. The summed E-state index contributed by atoms with van der Waals surface area (Å²) in [4.78, 5) is 23.6. The SMILES string of the molecule is COC(=O)CCCCC(=O)c1c(OC)ccc2ccccc12. The molecule has 0 aliphatic heterocycles. The molecule has 0 aromatic heterocycles. The normalized spacial score (nSPS) is 10.5. The van der Waals surface area contributed by atoms with Gasteiger partial charge < -0.3 is 9.47 Å². The number of unbranched alkanes of at least 4 members (excludes halogenated alkanes) is 1. The number of fused-ring (bicyclic) bond motifs is 1. The Morgan fingerprint density at radius 1 is 0.955 bits per heavy atom. The first-order valence-corrected chi connectivity index (χ1v) is 7.33. The topological polar surface area (TPSA) is 52.6 Å². The molecule has 0 saturated heterocycles. The monoisotopic (exact) mass is 300 g/mol. The lowest BCUT2D eigenvalue weighted by Crippen LogP contribution is -2.05. The number of rotatable bonds is 7. The lowest BCUT2D eigenvalue weighted by Gasteiger charge is -2.11. The summed E-state index contributed by atoms with van der Waals surface area (Å²) < 4.78 is 9.93. The summed E-state index contributed by atoms with van der Waals surface area (Å²) in [5.41, 5.74) is 0.624. The number of hydrogen-bond acceptors (Lipinski definition) is 4. The minimum absolute atomic E-state index is 0.0403. The van der Waals surface area contributed by atoms with E-state index in [2.05, 4.69) is 4.74 Å². The van der Waals surface area contributed by atoms with E-state index in [1.165, 1.54) is 7.11 Å². The van der Waals surface area contributed by atoms with Gasteiger partial charge in [-0.2, -0.15) is 0 Å². The van der Waals surface area contributed by atoms with Crippen molar-refractivity contribution in [3.05, 3.63) is 42.0 Å². The second kappa shape index (κ2) is 7.59. The fourth-order valence-corrected chi connectivity index (χ4v) is 2.49. The Hall–Kier alpha value is -2.36. The van der Waals surface area contributed by atoms with Gasteiger partial charge in [0.2, 0.25) is 0 Å². The first-order valence-electron chi connectivity index (χ1n) is 7.33. The van der Waals surface area contributed by atoms with E-state index in [1.807, 2.05) is 36.4 Å². The highest BCUT2D eigenvalue weighted by Crippen LogP contribution is 2.29. The number of Topliss-reactive ketones (excluding diaryl/α,β-unsaturated/α-hetero) is 1. The second-order valence-electron chi connectivity index (χ2n) is 5.07. The molecule has 0 aliphatic rings. The van der Waals surface area contributed by atoms with Gasteiger partial charge in [0.25, 0.3) is 0 Å². The third kappa shape index (κ3) is 3.64. The van der Waals surface area contributed by atoms with Crippen molar-refractivity contribution in [2.45, 2.75) is 25.7 Å². The molecular formula is C18H20O4. The zero-order valence-electron chi connectivity index (χ0n) is 12.9. The molecule has 0 radical (unpaired) electrons. The quantitative estimate of drug-likeness (QED) is 0.444. The number of ketones is 1. The Kier molecular flexibility index (Phi) is 5.53. The van der Waals surface area contributed by atoms with Gasteiger partial charge >= 0.3 is 5.97 Å². The fourth-order valence-electron chi connectivity index (χ4n) is 2.49. The molecule has 0 heterocycles. The van der Waals surface area contributed by atoms with Crippen molar-refractivity contribution >= 4 is 22.5 Å². The number of carbonyl (C=O) groups excluding carboxylic acids is 2. The third-order valence-electron chi connectivity index (χ3n) is 3.65. The Bertz CT molecular complexity index is 676. The van der Waals surface area contributed by atoms with Crippen LogP contribution in [0.2, 0.25) is 0 Å². The molecule has 2 aromatic rings. The summed E-state index contributed by atoms with van der Waals surface area (Å²) in [6.45, 7) is 0. The lowest BCUT2D eigenvalue weighted by atomic mass is 9.97. The largest absolute Gasteiger partial charge is 0.496 e. The Labute approximate surface area is 130 Å². The van der Waals surface area contributed by atoms with Crippen LogP contribution in [0.15, 0.2) is 36.4 Å². The van der Waals surface area contributed by atoms with Crippen molar-refractivity contribution in [2.24, 2.45) is 0 Å². The highest BCUT2D eigenvalue weighted by molar-refractivity contribution is 6.10. The number of benzene rings is 2. The summed E-state index contributed by atoms with van der Waals surface area (Å²) in [7, 11) is 2.94. The van der Waals surface area contributed by atoms with Gasteiger partial charge in [-0.3, -0.25) is 9.59 Å². The highest BCUT2D eigenvalue weighted by atomic mass is 16.5. The summed E-state index contributed by atoms with van der Waals surface area (Å²) in [5, 5.41) is 1.92. The van der Waals surface area contributed by atoms with Crippen LogP contribution < -0.4 is 4.74 Å². The number of hydrogen-bond donors (Lipinski definition) is 0. The van der Waals surface area contributed by atoms with Gasteiger partial charge in [-0.15, -0.1) is 0 Å². The predicted octanol–water partition coefficient (Wildman–Crippen LogP) is 3.76. The molecule has 0 amide bonds. The van der Waals surface area contributed by atoms with E-state index >= 15 is 0 Å². The van der Waals surface area contributed by atoms with Crippen LogP contribution in [-0.4, -0.2) is 26.0 Å². The molecule has 0 saturated carbocycles. The van der Waals surface area contributed by atoms with E-state index in [-0.39, 0.29) is 11.8 Å². The van der Waals surface area contributed by atoms with Crippen LogP contribution in [-0.2, 0) is 9.53 Å². The average molecular weight is 300 g/mol. The molecule has 0 N–H and O–H groups in total. The molecular weight excluding hydrogens is 280 g/mol. The van der Waals surface area contributed by atoms with Gasteiger partial charge in [0.1, 0.15) is 5.75 Å². The van der Waals surface area contributed by atoms with Crippen LogP contribution in [0.25, 0.3) is 10.8 Å². The van der Waals surface area contributed by atoms with Gasteiger partial charge in [-0.05, 0) is 29.7 Å². The van der Waals surface area contributed by atoms with E-state index in [0.717, 1.165) is 10.8 Å². The second-order valence-corrected chi connectivity index (χ2v) is 5.07. The molecule has 4 nitrogen and oxygen atoms in total. The molecule has 0 unspecified atom stereocenters. The average Bonchev–Trinajstić information content (AvgIpc) is 2.57. The van der Waals surface area contributed by atoms with Crippen LogP contribution in [0.1, 0.15) is 36.0 Å². The highest BCUT2D eigenvalue weighted by Gasteiger charge is 2.16. The molecule has 0 bridgehead atoms. The van der Waals surface area contributed by atoms with Gasteiger partial charge in [-0.25, -0.2) is 0 Å². The minimum atomic E-state index is -0.241. The summed E-state index contributed by atoms with van der Waals surface area (Å²) in [6.07, 6.45) is 2.03. The summed E-state index contributed by atoms with van der Waals surface area (Å²) >= 11 is 0. The van der Waals surface area contributed by atoms with Crippen molar-refractivity contribution in [1.82, 2.24) is 0 Å². The smallest absolute Gasteiger partial charge is 0.305 e. The van der Waals surface area contributed by atoms with E-state index in [4.69, 9.17) is 4.74 Å². The molecule has 22 heavy (non-hydrogen) atoms. The van der Waals surface area contributed by atoms with Gasteiger partial charge in [-0.1, -0.05) is 30.3 Å². The number of ether oxygens (including phenoxy) is 2. The van der Waals surface area contributed by atoms with Crippen molar-refractivity contribution in [3.8, 4) is 5.75 Å². The van der Waals surface area contributed by atoms with Crippen molar-refractivity contribution in [1.29, 1.82) is 0 Å². The van der Waals surface area contributed by atoms with Gasteiger partial charge in [0, 0.05) is 12.8 Å². The maximum absolute atomic E-state index is 12.6. The first kappa shape index (κ1) is 16.0. The molecule has 0 aliphatic carbocycles. The van der Waals surface area contributed by atoms with Crippen LogP contribution >= 0.6 is 0 Å². The van der Waals surface area contributed by atoms with Gasteiger partial charge in [0.05, 0.1) is 19.8 Å². The molecule has 0 atom stereocenters. The lowest BCUT2D eigenvalue weighted by molar-refractivity contribution is -0.140. The summed E-state index contributed by atoms with van der Waals surface area (Å²) in [5.74, 6) is 0.394. The number of carbonyl (C=O) groups is 2. The van der Waals surface area contributed by atoms with Crippen LogP contribution in [0.5, 0.6) is 5.75 Å².